The molecule has 16 heavy (non-hydrogen) atoms. The first-order valence-corrected chi connectivity index (χ1v) is 6.36. The van der Waals surface area contributed by atoms with Gasteiger partial charge in [0.25, 0.3) is 5.56 Å². The van der Waals surface area contributed by atoms with Gasteiger partial charge in [-0.1, -0.05) is 13.8 Å². The molecule has 0 amide bonds. The molecule has 3 nitrogen and oxygen atoms in total. The number of aromatic nitrogens is 2. The first-order valence-electron chi connectivity index (χ1n) is 5.72. The van der Waals surface area contributed by atoms with Crippen molar-refractivity contribution >= 4 is 12.6 Å². The number of aryl methyl sites for hydroxylation is 1. The van der Waals surface area contributed by atoms with Crippen LogP contribution in [0.5, 0.6) is 0 Å². The molecule has 90 valence electrons. The van der Waals surface area contributed by atoms with E-state index in [2.05, 4.69) is 31.6 Å². The Labute approximate surface area is 102 Å². The predicted octanol–water partition coefficient (Wildman–Crippen LogP) is 2.29. The van der Waals surface area contributed by atoms with Gasteiger partial charge in [0.15, 0.2) is 0 Å². The van der Waals surface area contributed by atoms with Gasteiger partial charge in [-0.3, -0.25) is 4.79 Å². The van der Waals surface area contributed by atoms with Gasteiger partial charge in [0.05, 0.1) is 12.2 Å². The Morgan fingerprint density at radius 2 is 2.00 bits per heavy atom. The molecule has 0 saturated heterocycles. The van der Waals surface area contributed by atoms with E-state index in [4.69, 9.17) is 0 Å². The molecule has 0 aromatic carbocycles. The largest absolute Gasteiger partial charge is 0.268 e. The highest BCUT2D eigenvalue weighted by Gasteiger charge is 2.25. The third kappa shape index (κ3) is 2.88. The van der Waals surface area contributed by atoms with E-state index in [0.717, 1.165) is 24.3 Å². The number of hydrogen-bond donors (Lipinski definition) is 1. The highest BCUT2D eigenvalue weighted by atomic mass is 32.1. The van der Waals surface area contributed by atoms with Gasteiger partial charge in [0.1, 0.15) is 0 Å². The summed E-state index contributed by atoms with van der Waals surface area (Å²) in [6, 6.07) is 3.33. The van der Waals surface area contributed by atoms with Crippen molar-refractivity contribution in [3.63, 3.8) is 0 Å². The summed E-state index contributed by atoms with van der Waals surface area (Å²) in [5.74, 6) is 0.780. The fraction of sp³-hybridized carbons (Fsp3) is 0.667. The summed E-state index contributed by atoms with van der Waals surface area (Å²) >= 11 is 4.41. The van der Waals surface area contributed by atoms with Crippen LogP contribution in [-0.4, -0.2) is 15.5 Å². The van der Waals surface area contributed by atoms with Crippen molar-refractivity contribution in [2.75, 3.05) is 5.75 Å². The van der Waals surface area contributed by atoms with E-state index >= 15 is 0 Å². The minimum atomic E-state index is -0.0290. The first kappa shape index (κ1) is 13.3. The molecule has 1 aromatic heterocycles. The van der Waals surface area contributed by atoms with E-state index < -0.39 is 0 Å². The molecule has 4 heteroatoms. The van der Waals surface area contributed by atoms with Crippen LogP contribution in [0.25, 0.3) is 0 Å². The zero-order chi connectivity index (χ0) is 12.2. The summed E-state index contributed by atoms with van der Waals surface area (Å²) in [6.07, 6.45) is 2.02. The van der Waals surface area contributed by atoms with Crippen molar-refractivity contribution in [2.45, 2.75) is 40.2 Å². The molecule has 0 aliphatic carbocycles. The molecule has 1 heterocycles. The van der Waals surface area contributed by atoms with Crippen molar-refractivity contribution in [3.8, 4) is 0 Å². The fourth-order valence-corrected chi connectivity index (χ4v) is 2.28. The summed E-state index contributed by atoms with van der Waals surface area (Å²) in [5, 5.41) is 4.27. The molecule has 0 aliphatic rings. The maximum absolute atomic E-state index is 11.7. The lowest BCUT2D eigenvalue weighted by atomic mass is 9.84. The van der Waals surface area contributed by atoms with Gasteiger partial charge in [-0.2, -0.15) is 17.7 Å². The Morgan fingerprint density at radius 1 is 1.38 bits per heavy atom. The predicted molar refractivity (Wildman–Crippen MR) is 70.1 cm³/mol. The van der Waals surface area contributed by atoms with Crippen molar-refractivity contribution in [1.82, 2.24) is 9.78 Å². The van der Waals surface area contributed by atoms with Gasteiger partial charge >= 0.3 is 0 Å². The van der Waals surface area contributed by atoms with Crippen LogP contribution in [0.4, 0.5) is 0 Å². The molecule has 0 saturated carbocycles. The second-order valence-electron chi connectivity index (χ2n) is 4.34. The van der Waals surface area contributed by atoms with Gasteiger partial charge in [-0.05, 0) is 37.0 Å². The second-order valence-corrected chi connectivity index (χ2v) is 4.65. The molecule has 0 fully saturated rings. The van der Waals surface area contributed by atoms with Gasteiger partial charge in [0, 0.05) is 6.07 Å². The van der Waals surface area contributed by atoms with E-state index in [-0.39, 0.29) is 11.0 Å². The molecule has 0 aliphatic heterocycles. The van der Waals surface area contributed by atoms with Crippen LogP contribution in [-0.2, 0) is 6.54 Å². The lowest BCUT2D eigenvalue weighted by molar-refractivity contribution is 0.240. The highest BCUT2D eigenvalue weighted by molar-refractivity contribution is 7.80. The van der Waals surface area contributed by atoms with Gasteiger partial charge in [-0.25, -0.2) is 4.68 Å². The normalized spacial score (nSPS) is 11.8. The molecule has 0 radical (unpaired) electrons. The molecule has 0 unspecified atom stereocenters. The number of rotatable bonds is 5. The minimum Gasteiger partial charge on any atom is -0.268 e. The van der Waals surface area contributed by atoms with Crippen LogP contribution in [0.15, 0.2) is 16.9 Å². The molecule has 0 atom stereocenters. The van der Waals surface area contributed by atoms with Crippen LogP contribution in [0, 0.1) is 12.3 Å². The van der Waals surface area contributed by atoms with E-state index in [0.29, 0.717) is 6.54 Å². The first-order chi connectivity index (χ1) is 7.56. The van der Waals surface area contributed by atoms with E-state index in [1.54, 1.807) is 16.8 Å². The van der Waals surface area contributed by atoms with Crippen LogP contribution in [0.2, 0.25) is 0 Å². The van der Waals surface area contributed by atoms with Gasteiger partial charge in [0.2, 0.25) is 0 Å². The van der Waals surface area contributed by atoms with Gasteiger partial charge < -0.3 is 0 Å². The minimum absolute atomic E-state index is 0.0290. The third-order valence-corrected chi connectivity index (χ3v) is 3.99. The number of thiol groups is 1. The second kappa shape index (κ2) is 5.53. The lowest BCUT2D eigenvalue weighted by Crippen LogP contribution is -2.34. The zero-order valence-corrected chi connectivity index (χ0v) is 11.1. The summed E-state index contributed by atoms with van der Waals surface area (Å²) < 4.78 is 1.57. The third-order valence-electron chi connectivity index (χ3n) is 3.32. The quantitative estimate of drug-likeness (QED) is 0.801. The molecule has 0 N–H and O–H groups in total. The maximum atomic E-state index is 11.7. The Kier molecular flexibility index (Phi) is 4.59. The zero-order valence-electron chi connectivity index (χ0n) is 10.2. The maximum Gasteiger partial charge on any atom is 0.266 e. The van der Waals surface area contributed by atoms with Crippen LogP contribution in [0.3, 0.4) is 0 Å². The molecule has 0 bridgehead atoms. The Hall–Kier alpha value is -0.770. The van der Waals surface area contributed by atoms with Crippen LogP contribution < -0.4 is 5.56 Å². The summed E-state index contributed by atoms with van der Waals surface area (Å²) in [5.41, 5.74) is 0.923. The standard InChI is InChI=1S/C12H20N2OS/c1-4-12(5-2,9-16)8-14-11(15)7-6-10(3)13-14/h6-7,16H,4-5,8-9H2,1-3H3. The summed E-state index contributed by atoms with van der Waals surface area (Å²) in [7, 11) is 0. The molecule has 0 spiro atoms. The van der Waals surface area contributed by atoms with E-state index in [1.165, 1.54) is 0 Å². The van der Waals surface area contributed by atoms with Crippen molar-refractivity contribution in [3.05, 3.63) is 28.2 Å². The van der Waals surface area contributed by atoms with Crippen molar-refractivity contribution in [2.24, 2.45) is 5.41 Å². The van der Waals surface area contributed by atoms with Crippen LogP contribution >= 0.6 is 12.6 Å². The average Bonchev–Trinajstić information content (AvgIpc) is 2.31. The molecule has 1 rings (SSSR count). The molecule has 1 aromatic rings. The molecular formula is C12H20N2OS. The van der Waals surface area contributed by atoms with E-state index in [1.807, 2.05) is 6.92 Å². The number of hydrogen-bond acceptors (Lipinski definition) is 3. The summed E-state index contributed by atoms with van der Waals surface area (Å²) in [4.78, 5) is 11.7. The SMILES string of the molecule is CCC(CC)(CS)Cn1nc(C)ccc1=O. The average molecular weight is 240 g/mol. The van der Waals surface area contributed by atoms with Crippen LogP contribution in [0.1, 0.15) is 32.4 Å². The lowest BCUT2D eigenvalue weighted by Gasteiger charge is -2.29. The smallest absolute Gasteiger partial charge is 0.266 e. The Balaban J connectivity index is 3.02. The fourth-order valence-electron chi connectivity index (χ4n) is 1.73. The Morgan fingerprint density at radius 3 is 2.50 bits per heavy atom. The Bertz CT molecular complexity index is 388. The van der Waals surface area contributed by atoms with Crippen molar-refractivity contribution in [1.29, 1.82) is 0 Å². The summed E-state index contributed by atoms with van der Waals surface area (Å²) in [6.45, 7) is 6.83. The van der Waals surface area contributed by atoms with Gasteiger partial charge in [-0.15, -0.1) is 0 Å². The molecular weight excluding hydrogens is 220 g/mol. The monoisotopic (exact) mass is 240 g/mol. The van der Waals surface area contributed by atoms with E-state index in [9.17, 15) is 4.79 Å². The topological polar surface area (TPSA) is 34.9 Å². The number of nitrogens with zero attached hydrogens (tertiary/aromatic N) is 2. The highest BCUT2D eigenvalue weighted by Crippen LogP contribution is 2.29. The van der Waals surface area contributed by atoms with Crippen molar-refractivity contribution < 1.29 is 0 Å².